The quantitative estimate of drug-likeness (QED) is 0.128. The Hall–Kier alpha value is -4.49. The molecule has 210 valence electrons. The number of hydrogen-bond acceptors (Lipinski definition) is 8. The van der Waals surface area contributed by atoms with Crippen LogP contribution in [0.5, 0.6) is 5.75 Å². The molecule has 4 amide bonds. The number of carboxylic acids is 1. The monoisotopic (exact) mass is 543 g/mol. The van der Waals surface area contributed by atoms with Crippen molar-refractivity contribution in [3.05, 3.63) is 65.7 Å². The van der Waals surface area contributed by atoms with Crippen molar-refractivity contribution >= 4 is 29.6 Å². The van der Waals surface area contributed by atoms with Gasteiger partial charge in [-0.15, -0.1) is 0 Å². The summed E-state index contributed by atoms with van der Waals surface area (Å²) < 4.78 is 0. The zero-order valence-electron chi connectivity index (χ0n) is 21.1. The summed E-state index contributed by atoms with van der Waals surface area (Å²) in [7, 11) is 0. The normalized spacial score (nSPS) is 13.8. The molecule has 2 aromatic rings. The van der Waals surface area contributed by atoms with Gasteiger partial charge in [-0.3, -0.25) is 19.2 Å². The lowest BCUT2D eigenvalue weighted by Gasteiger charge is -2.25. The molecule has 2 rings (SSSR count). The Morgan fingerprint density at radius 1 is 0.744 bits per heavy atom. The van der Waals surface area contributed by atoms with Gasteiger partial charge in [-0.1, -0.05) is 42.5 Å². The van der Waals surface area contributed by atoms with E-state index in [9.17, 15) is 39.3 Å². The van der Waals surface area contributed by atoms with Gasteiger partial charge in [0.15, 0.2) is 0 Å². The number of benzene rings is 2. The van der Waals surface area contributed by atoms with Crippen LogP contribution in [0, 0.1) is 0 Å². The number of nitrogens with one attached hydrogen (secondary N) is 3. The first-order chi connectivity index (χ1) is 18.5. The minimum atomic E-state index is -1.45. The lowest BCUT2D eigenvalue weighted by molar-refractivity contribution is -0.142. The predicted molar refractivity (Wildman–Crippen MR) is 139 cm³/mol. The number of nitrogens with two attached hydrogens (primary N) is 2. The third kappa shape index (κ3) is 10.4. The summed E-state index contributed by atoms with van der Waals surface area (Å²) >= 11 is 0. The fourth-order valence-electron chi connectivity index (χ4n) is 3.59. The summed E-state index contributed by atoms with van der Waals surface area (Å²) in [5.74, 6) is -4.57. The second-order valence-electron chi connectivity index (χ2n) is 8.88. The Labute approximate surface area is 224 Å². The van der Waals surface area contributed by atoms with E-state index in [0.29, 0.717) is 11.1 Å². The fraction of sp³-hybridized carbons (Fsp3) is 0.346. The standard InChI is InChI=1S/C26H33N5O8/c27-18(14-32)23(35)30-20(12-15-4-2-1-3-5-15)25(37)31-21(13-16-6-8-17(33)9-7-16)24(36)29-19(26(38)39)10-11-22(28)34/h1-9,18-21,32-33H,10-14,27H2,(H2,28,34)(H,29,36)(H,30,35)(H,31,37)(H,38,39). The van der Waals surface area contributed by atoms with Crippen LogP contribution in [0.4, 0.5) is 0 Å². The van der Waals surface area contributed by atoms with Crippen molar-refractivity contribution in [1.29, 1.82) is 0 Å². The summed E-state index contributed by atoms with van der Waals surface area (Å²) in [6.07, 6.45) is -0.618. The molecule has 0 spiro atoms. The zero-order chi connectivity index (χ0) is 28.9. The molecule has 0 fully saturated rings. The third-order valence-corrected chi connectivity index (χ3v) is 5.75. The molecule has 4 atom stereocenters. The molecule has 0 aliphatic rings. The van der Waals surface area contributed by atoms with E-state index in [-0.39, 0.29) is 31.4 Å². The SMILES string of the molecule is NC(=O)CCC(NC(=O)C(Cc1ccc(O)cc1)NC(=O)C(Cc1ccccc1)NC(=O)C(N)CO)C(=O)O. The largest absolute Gasteiger partial charge is 0.508 e. The molecular weight excluding hydrogens is 510 g/mol. The average Bonchev–Trinajstić information content (AvgIpc) is 2.90. The Balaban J connectivity index is 2.31. The maximum Gasteiger partial charge on any atom is 0.326 e. The molecule has 39 heavy (non-hydrogen) atoms. The zero-order valence-corrected chi connectivity index (χ0v) is 21.1. The molecular formula is C26H33N5O8. The minimum Gasteiger partial charge on any atom is -0.508 e. The molecule has 0 heterocycles. The number of amides is 4. The number of phenolic OH excluding ortho intramolecular Hbond substituents is 1. The summed E-state index contributed by atoms with van der Waals surface area (Å²) in [6, 6.07) is 9.28. The molecule has 0 radical (unpaired) electrons. The predicted octanol–water partition coefficient (Wildman–Crippen LogP) is -1.70. The smallest absolute Gasteiger partial charge is 0.326 e. The number of primary amides is 1. The number of aromatic hydroxyl groups is 1. The number of aliphatic hydroxyl groups is 1. The van der Waals surface area contributed by atoms with Crippen LogP contribution in [0.1, 0.15) is 24.0 Å². The Morgan fingerprint density at radius 3 is 1.72 bits per heavy atom. The highest BCUT2D eigenvalue weighted by Gasteiger charge is 2.30. The van der Waals surface area contributed by atoms with E-state index < -0.39 is 60.4 Å². The average molecular weight is 544 g/mol. The van der Waals surface area contributed by atoms with Gasteiger partial charge in [-0.2, -0.15) is 0 Å². The molecule has 0 aliphatic heterocycles. The van der Waals surface area contributed by atoms with E-state index in [1.165, 1.54) is 24.3 Å². The van der Waals surface area contributed by atoms with Gasteiger partial charge < -0.3 is 42.7 Å². The number of rotatable bonds is 15. The van der Waals surface area contributed by atoms with E-state index >= 15 is 0 Å². The number of aliphatic carboxylic acids is 1. The van der Waals surface area contributed by atoms with Crippen molar-refractivity contribution in [2.24, 2.45) is 11.5 Å². The van der Waals surface area contributed by atoms with Crippen LogP contribution in [-0.4, -0.2) is 75.7 Å². The molecule has 0 aliphatic carbocycles. The van der Waals surface area contributed by atoms with Crippen LogP contribution in [0.15, 0.2) is 54.6 Å². The number of phenols is 1. The summed E-state index contributed by atoms with van der Waals surface area (Å²) in [6.45, 7) is -0.653. The Kier molecular flexibility index (Phi) is 11.9. The molecule has 13 heteroatoms. The van der Waals surface area contributed by atoms with Crippen LogP contribution in [0.2, 0.25) is 0 Å². The van der Waals surface area contributed by atoms with Gasteiger partial charge in [-0.05, 0) is 29.7 Å². The van der Waals surface area contributed by atoms with E-state index in [1.54, 1.807) is 30.3 Å². The van der Waals surface area contributed by atoms with E-state index in [1.807, 2.05) is 0 Å². The molecule has 0 bridgehead atoms. The number of hydrogen-bond donors (Lipinski definition) is 8. The Bertz CT molecular complexity index is 1140. The maximum atomic E-state index is 13.4. The van der Waals surface area contributed by atoms with Gasteiger partial charge >= 0.3 is 5.97 Å². The van der Waals surface area contributed by atoms with E-state index in [0.717, 1.165) is 0 Å². The van der Waals surface area contributed by atoms with Crippen molar-refractivity contribution in [3.8, 4) is 5.75 Å². The molecule has 0 saturated carbocycles. The topological polar surface area (TPSA) is 234 Å². The first-order valence-corrected chi connectivity index (χ1v) is 12.1. The number of carboxylic acid groups (broad SMARTS) is 1. The van der Waals surface area contributed by atoms with Crippen molar-refractivity contribution in [3.63, 3.8) is 0 Å². The number of aliphatic hydroxyl groups excluding tert-OH is 1. The van der Waals surface area contributed by atoms with Gasteiger partial charge in [0.1, 0.15) is 29.9 Å². The van der Waals surface area contributed by atoms with Crippen LogP contribution < -0.4 is 27.4 Å². The number of carbonyl (C=O) groups is 5. The summed E-state index contributed by atoms with van der Waals surface area (Å²) in [5, 5.41) is 35.6. The molecule has 2 aromatic carbocycles. The lowest BCUT2D eigenvalue weighted by Crippen LogP contribution is -2.58. The van der Waals surface area contributed by atoms with Crippen LogP contribution in [0.3, 0.4) is 0 Å². The molecule has 0 saturated heterocycles. The second kappa shape index (κ2) is 15.1. The van der Waals surface area contributed by atoms with Gasteiger partial charge in [-0.25, -0.2) is 4.79 Å². The van der Waals surface area contributed by atoms with Crippen molar-refractivity contribution < 1.29 is 39.3 Å². The highest BCUT2D eigenvalue weighted by Crippen LogP contribution is 2.13. The Morgan fingerprint density at radius 2 is 1.23 bits per heavy atom. The van der Waals surface area contributed by atoms with Crippen molar-refractivity contribution in [1.82, 2.24) is 16.0 Å². The third-order valence-electron chi connectivity index (χ3n) is 5.75. The van der Waals surface area contributed by atoms with Gasteiger partial charge in [0.05, 0.1) is 6.61 Å². The van der Waals surface area contributed by atoms with E-state index in [4.69, 9.17) is 11.5 Å². The van der Waals surface area contributed by atoms with Gasteiger partial charge in [0.25, 0.3) is 0 Å². The minimum absolute atomic E-state index is 0.0213. The molecule has 4 unspecified atom stereocenters. The summed E-state index contributed by atoms with van der Waals surface area (Å²) in [4.78, 5) is 61.7. The fourth-order valence-corrected chi connectivity index (χ4v) is 3.59. The lowest BCUT2D eigenvalue weighted by atomic mass is 10.0. The molecule has 13 nitrogen and oxygen atoms in total. The van der Waals surface area contributed by atoms with Gasteiger partial charge in [0.2, 0.25) is 23.6 Å². The highest BCUT2D eigenvalue weighted by atomic mass is 16.4. The highest BCUT2D eigenvalue weighted by molar-refractivity contribution is 5.94. The first kappa shape index (κ1) is 30.7. The molecule has 10 N–H and O–H groups in total. The molecule has 0 aromatic heterocycles. The van der Waals surface area contributed by atoms with Gasteiger partial charge in [0, 0.05) is 19.3 Å². The van der Waals surface area contributed by atoms with E-state index in [2.05, 4.69) is 16.0 Å². The van der Waals surface area contributed by atoms with Crippen LogP contribution >= 0.6 is 0 Å². The van der Waals surface area contributed by atoms with Crippen LogP contribution in [0.25, 0.3) is 0 Å². The second-order valence-corrected chi connectivity index (χ2v) is 8.88. The van der Waals surface area contributed by atoms with Crippen LogP contribution in [-0.2, 0) is 36.8 Å². The first-order valence-electron chi connectivity index (χ1n) is 12.1. The number of carbonyl (C=O) groups excluding carboxylic acids is 4. The maximum absolute atomic E-state index is 13.4. The van der Waals surface area contributed by atoms with Crippen molar-refractivity contribution in [2.45, 2.75) is 49.9 Å². The van der Waals surface area contributed by atoms with Crippen molar-refractivity contribution in [2.75, 3.05) is 6.61 Å². The summed E-state index contributed by atoms with van der Waals surface area (Å²) in [5.41, 5.74) is 11.9.